The van der Waals surface area contributed by atoms with Crippen LogP contribution in [0.25, 0.3) is 6.08 Å². The van der Waals surface area contributed by atoms with E-state index in [1.807, 2.05) is 30.3 Å². The Morgan fingerprint density at radius 3 is 2.25 bits per heavy atom. The quantitative estimate of drug-likeness (QED) is 0.743. The summed E-state index contributed by atoms with van der Waals surface area (Å²) in [5.41, 5.74) is 3.43. The van der Waals surface area contributed by atoms with Gasteiger partial charge in [-0.1, -0.05) is 29.8 Å². The topological polar surface area (TPSA) is 45.1 Å². The highest BCUT2D eigenvalue weighted by Gasteiger charge is 2.28. The van der Waals surface area contributed by atoms with Gasteiger partial charge >= 0.3 is 0 Å². The van der Waals surface area contributed by atoms with Crippen LogP contribution in [0.15, 0.2) is 58.4 Å². The second-order valence-electron chi connectivity index (χ2n) is 6.89. The molecule has 2 aliphatic rings. The van der Waals surface area contributed by atoms with Crippen LogP contribution >= 0.6 is 11.8 Å². The maximum Gasteiger partial charge on any atom is 0.286 e. The molecular weight excluding hydrogens is 370 g/mol. The van der Waals surface area contributed by atoms with Gasteiger partial charge in [0.15, 0.2) is 5.17 Å². The van der Waals surface area contributed by atoms with Crippen LogP contribution in [0.1, 0.15) is 11.1 Å². The van der Waals surface area contributed by atoms with Crippen LogP contribution in [0.5, 0.6) is 5.75 Å². The molecule has 5 nitrogen and oxygen atoms in total. The molecule has 0 saturated carbocycles. The number of nitrogens with zero attached hydrogens (tertiary/aromatic N) is 3. The number of benzene rings is 2. The summed E-state index contributed by atoms with van der Waals surface area (Å²) in [5.74, 6) is 0.726. The molecule has 0 aromatic heterocycles. The summed E-state index contributed by atoms with van der Waals surface area (Å²) in [7, 11) is 1.68. The van der Waals surface area contributed by atoms with Crippen molar-refractivity contribution < 1.29 is 9.53 Å². The number of carbonyl (C=O) groups excluding carboxylic acids is 1. The fourth-order valence-electron chi connectivity index (χ4n) is 3.30. The Kier molecular flexibility index (Phi) is 5.39. The fraction of sp³-hybridized carbons (Fsp3) is 0.273. The van der Waals surface area contributed by atoms with Crippen LogP contribution in [0.4, 0.5) is 5.69 Å². The number of anilines is 1. The maximum atomic E-state index is 12.3. The molecule has 2 aromatic rings. The largest absolute Gasteiger partial charge is 0.497 e. The molecule has 0 spiro atoms. The normalized spacial score (nSPS) is 18.6. The van der Waals surface area contributed by atoms with E-state index in [1.165, 1.54) is 23.0 Å². The molecule has 1 saturated heterocycles. The van der Waals surface area contributed by atoms with E-state index in [1.54, 1.807) is 7.11 Å². The van der Waals surface area contributed by atoms with E-state index < -0.39 is 0 Å². The smallest absolute Gasteiger partial charge is 0.286 e. The minimum atomic E-state index is -0.141. The number of piperazine rings is 1. The number of amidine groups is 1. The molecular formula is C22H23N3O2S. The van der Waals surface area contributed by atoms with Gasteiger partial charge in [-0.25, -0.2) is 0 Å². The Bertz CT molecular complexity index is 912. The molecule has 1 fully saturated rings. The molecule has 4 rings (SSSR count). The van der Waals surface area contributed by atoms with Gasteiger partial charge < -0.3 is 14.5 Å². The Hall–Kier alpha value is -2.73. The van der Waals surface area contributed by atoms with Crippen molar-refractivity contribution in [3.8, 4) is 5.75 Å². The lowest BCUT2D eigenvalue weighted by atomic mass is 10.1. The van der Waals surface area contributed by atoms with Gasteiger partial charge in [0.1, 0.15) is 5.75 Å². The highest BCUT2D eigenvalue weighted by molar-refractivity contribution is 8.18. The van der Waals surface area contributed by atoms with Gasteiger partial charge in [-0.15, -0.1) is 0 Å². The highest BCUT2D eigenvalue weighted by Crippen LogP contribution is 2.31. The fourth-order valence-corrected chi connectivity index (χ4v) is 4.26. The molecule has 28 heavy (non-hydrogen) atoms. The lowest BCUT2D eigenvalue weighted by molar-refractivity contribution is -0.113. The van der Waals surface area contributed by atoms with Crippen molar-refractivity contribution in [1.29, 1.82) is 0 Å². The van der Waals surface area contributed by atoms with Crippen LogP contribution in [0.3, 0.4) is 0 Å². The third-order valence-electron chi connectivity index (χ3n) is 4.97. The standard InChI is InChI=1S/C22H23N3O2S/c1-16-3-5-17(6-4-16)15-20-21(26)23-22(28-20)25-13-11-24(12-14-25)18-7-9-19(27-2)10-8-18/h3-10,15H,11-14H2,1-2H3. The molecule has 2 heterocycles. The minimum absolute atomic E-state index is 0.141. The number of amides is 1. The molecule has 2 aromatic carbocycles. The highest BCUT2D eigenvalue weighted by atomic mass is 32.2. The van der Waals surface area contributed by atoms with Crippen molar-refractivity contribution in [2.75, 3.05) is 38.2 Å². The van der Waals surface area contributed by atoms with Crippen LogP contribution in [-0.2, 0) is 4.79 Å². The average molecular weight is 394 g/mol. The average Bonchev–Trinajstić information content (AvgIpc) is 3.10. The summed E-state index contributed by atoms with van der Waals surface area (Å²) in [4.78, 5) is 21.9. The van der Waals surface area contributed by atoms with Crippen molar-refractivity contribution in [3.05, 3.63) is 64.6 Å². The summed E-state index contributed by atoms with van der Waals surface area (Å²) in [6.07, 6.45) is 1.93. The van der Waals surface area contributed by atoms with Gasteiger partial charge in [-0.2, -0.15) is 4.99 Å². The maximum absolute atomic E-state index is 12.3. The zero-order chi connectivity index (χ0) is 19.5. The summed E-state index contributed by atoms with van der Waals surface area (Å²) >= 11 is 1.48. The molecule has 0 aliphatic carbocycles. The number of carbonyl (C=O) groups is 1. The van der Waals surface area contributed by atoms with Crippen molar-refractivity contribution in [2.24, 2.45) is 4.99 Å². The van der Waals surface area contributed by atoms with E-state index in [2.05, 4.69) is 46.0 Å². The van der Waals surface area contributed by atoms with E-state index in [0.717, 1.165) is 42.7 Å². The van der Waals surface area contributed by atoms with Gasteiger partial charge in [-0.05, 0) is 54.6 Å². The Morgan fingerprint density at radius 1 is 0.964 bits per heavy atom. The van der Waals surface area contributed by atoms with Crippen molar-refractivity contribution in [1.82, 2.24) is 4.90 Å². The number of hydrogen-bond donors (Lipinski definition) is 0. The van der Waals surface area contributed by atoms with Gasteiger partial charge in [0.05, 0.1) is 12.0 Å². The molecule has 6 heteroatoms. The number of methoxy groups -OCH3 is 1. The molecule has 0 unspecified atom stereocenters. The summed E-state index contributed by atoms with van der Waals surface area (Å²) in [6.45, 7) is 5.55. The first-order valence-electron chi connectivity index (χ1n) is 9.35. The van der Waals surface area contributed by atoms with Gasteiger partial charge in [-0.3, -0.25) is 4.79 Å². The number of hydrogen-bond acceptors (Lipinski definition) is 5. The first kappa shape index (κ1) is 18.6. The molecule has 0 N–H and O–H groups in total. The number of aliphatic imine (C=N–C) groups is 1. The molecule has 0 bridgehead atoms. The third-order valence-corrected chi connectivity index (χ3v) is 6.02. The monoisotopic (exact) mass is 393 g/mol. The van der Waals surface area contributed by atoms with Gasteiger partial charge in [0, 0.05) is 31.9 Å². The number of ether oxygens (including phenoxy) is 1. The lowest BCUT2D eigenvalue weighted by Crippen LogP contribution is -2.47. The first-order valence-corrected chi connectivity index (χ1v) is 10.2. The summed E-state index contributed by atoms with van der Waals surface area (Å²) in [5, 5.41) is 0.817. The minimum Gasteiger partial charge on any atom is -0.497 e. The SMILES string of the molecule is COc1ccc(N2CCN(C3=NC(=O)C(=Cc4ccc(C)cc4)S3)CC2)cc1. The summed E-state index contributed by atoms with van der Waals surface area (Å²) < 4.78 is 5.23. The second kappa shape index (κ2) is 8.10. The van der Waals surface area contributed by atoms with Gasteiger partial charge in [0.25, 0.3) is 5.91 Å². The third kappa shape index (κ3) is 4.07. The number of rotatable bonds is 3. The van der Waals surface area contributed by atoms with Crippen molar-refractivity contribution >= 4 is 34.6 Å². The predicted molar refractivity (Wildman–Crippen MR) is 116 cm³/mol. The van der Waals surface area contributed by atoms with Crippen LogP contribution in [0, 0.1) is 6.92 Å². The van der Waals surface area contributed by atoms with E-state index in [4.69, 9.17) is 4.74 Å². The lowest BCUT2D eigenvalue weighted by Gasteiger charge is -2.36. The zero-order valence-corrected chi connectivity index (χ0v) is 16.9. The zero-order valence-electron chi connectivity index (χ0n) is 16.1. The van der Waals surface area contributed by atoms with Crippen molar-refractivity contribution in [2.45, 2.75) is 6.92 Å². The van der Waals surface area contributed by atoms with Crippen LogP contribution in [0.2, 0.25) is 0 Å². The Balaban J connectivity index is 1.37. The first-order chi connectivity index (χ1) is 13.6. The number of thioether (sulfide) groups is 1. The van der Waals surface area contributed by atoms with E-state index in [-0.39, 0.29) is 5.91 Å². The van der Waals surface area contributed by atoms with Crippen LogP contribution < -0.4 is 9.64 Å². The van der Waals surface area contributed by atoms with Crippen LogP contribution in [-0.4, -0.2) is 49.3 Å². The molecule has 144 valence electrons. The van der Waals surface area contributed by atoms with E-state index in [9.17, 15) is 4.79 Å². The summed E-state index contributed by atoms with van der Waals surface area (Å²) in [6, 6.07) is 16.3. The van der Waals surface area contributed by atoms with E-state index in [0.29, 0.717) is 4.91 Å². The number of aryl methyl sites for hydroxylation is 1. The molecule has 0 radical (unpaired) electrons. The molecule has 0 atom stereocenters. The second-order valence-corrected chi connectivity index (χ2v) is 7.90. The molecule has 2 aliphatic heterocycles. The van der Waals surface area contributed by atoms with Crippen molar-refractivity contribution in [3.63, 3.8) is 0 Å². The predicted octanol–water partition coefficient (Wildman–Crippen LogP) is 3.80. The van der Waals surface area contributed by atoms with Gasteiger partial charge in [0.2, 0.25) is 0 Å². The Morgan fingerprint density at radius 2 is 1.61 bits per heavy atom. The molecule has 1 amide bonds. The van der Waals surface area contributed by atoms with E-state index >= 15 is 0 Å². The Labute approximate surface area is 169 Å².